The quantitative estimate of drug-likeness (QED) is 0.241. The van der Waals surface area contributed by atoms with Crippen molar-refractivity contribution in [3.05, 3.63) is 77.6 Å². The summed E-state index contributed by atoms with van der Waals surface area (Å²) in [6.45, 7) is 1.90. The summed E-state index contributed by atoms with van der Waals surface area (Å²) in [5.41, 5.74) is -2.13. The lowest BCUT2D eigenvalue weighted by molar-refractivity contribution is -0.0964. The van der Waals surface area contributed by atoms with E-state index in [2.05, 4.69) is 14.8 Å². The molecule has 0 aliphatic rings. The molecule has 0 unspecified atom stereocenters. The Labute approximate surface area is 196 Å². The van der Waals surface area contributed by atoms with E-state index in [1.54, 1.807) is 12.1 Å². The van der Waals surface area contributed by atoms with Crippen molar-refractivity contribution in [2.75, 3.05) is 11.9 Å². The highest BCUT2D eigenvalue weighted by atomic mass is 35.5. The molecule has 0 aliphatic carbocycles. The number of carbonyl (C=O) groups is 1. The molecule has 0 aliphatic heterocycles. The number of carbonyl (C=O) groups excluding carboxylic acids is 1. The van der Waals surface area contributed by atoms with Gasteiger partial charge < -0.3 is 9.64 Å². The van der Waals surface area contributed by atoms with Crippen molar-refractivity contribution < 1.29 is 27.1 Å². The molecule has 0 spiro atoms. The van der Waals surface area contributed by atoms with Crippen molar-refractivity contribution in [1.82, 2.24) is 14.6 Å². The van der Waals surface area contributed by atoms with Crippen LogP contribution in [0, 0.1) is 6.92 Å². The van der Waals surface area contributed by atoms with Crippen LogP contribution in [0.4, 0.5) is 23.2 Å². The smallest absolute Gasteiger partial charge is 0.420 e. The number of fused-ring (bicyclic) bond motifs is 1. The molecule has 0 bridgehead atoms. The van der Waals surface area contributed by atoms with Gasteiger partial charge in [-0.05, 0) is 37.3 Å². The summed E-state index contributed by atoms with van der Waals surface area (Å²) in [5.74, 6) is -0.785. The molecule has 176 valence electrons. The molecule has 34 heavy (non-hydrogen) atoms. The van der Waals surface area contributed by atoms with Gasteiger partial charge in [0.05, 0.1) is 11.9 Å². The van der Waals surface area contributed by atoms with Crippen LogP contribution in [0.3, 0.4) is 0 Å². The van der Waals surface area contributed by atoms with Crippen LogP contribution in [-0.2, 0) is 0 Å². The third kappa shape index (κ3) is 4.81. The topological polar surface area (TPSA) is 59.7 Å². The first-order chi connectivity index (χ1) is 16.0. The van der Waals surface area contributed by atoms with Crippen LogP contribution >= 0.6 is 11.6 Å². The van der Waals surface area contributed by atoms with Crippen molar-refractivity contribution in [3.8, 4) is 17.0 Å². The number of alkyl halides is 5. The zero-order valence-corrected chi connectivity index (χ0v) is 18.6. The number of hydrogen-bond acceptors (Lipinski definition) is 4. The summed E-state index contributed by atoms with van der Waals surface area (Å²) < 4.78 is 58.4. The van der Waals surface area contributed by atoms with E-state index in [9.17, 15) is 22.4 Å². The number of hydrogen-bond donors (Lipinski definition) is 0. The summed E-state index contributed by atoms with van der Waals surface area (Å²) in [6.07, 6.45) is -1.69. The Hall–Kier alpha value is -3.66. The number of aryl methyl sites for hydroxylation is 1. The fourth-order valence-corrected chi connectivity index (χ4v) is 3.42. The molecule has 0 N–H and O–H groups in total. The van der Waals surface area contributed by atoms with E-state index in [1.807, 2.05) is 19.1 Å². The summed E-state index contributed by atoms with van der Waals surface area (Å²) in [5, 5.41) is 3.95. The Bertz CT molecular complexity index is 1340. The lowest BCUT2D eigenvalue weighted by Gasteiger charge is -2.18. The van der Waals surface area contributed by atoms with Crippen LogP contribution < -0.4 is 9.64 Å². The van der Waals surface area contributed by atoms with E-state index < -0.39 is 23.6 Å². The number of benzene rings is 2. The fraction of sp³-hybridized carbons (Fsp3) is 0.174. The Morgan fingerprint density at radius 1 is 1.12 bits per heavy atom. The molecular weight excluding hydrogens is 476 g/mol. The summed E-state index contributed by atoms with van der Waals surface area (Å²) >= 11 is 4.75. The number of aromatic nitrogens is 3. The second kappa shape index (κ2) is 8.94. The second-order valence-electron chi connectivity index (χ2n) is 7.43. The zero-order chi connectivity index (χ0) is 24.6. The van der Waals surface area contributed by atoms with E-state index in [1.165, 1.54) is 42.3 Å². The lowest BCUT2D eigenvalue weighted by Crippen LogP contribution is -2.26. The first-order valence-corrected chi connectivity index (χ1v) is 10.3. The summed E-state index contributed by atoms with van der Waals surface area (Å²) in [6, 6.07) is 13.6. The van der Waals surface area contributed by atoms with Gasteiger partial charge in [-0.15, -0.1) is 8.78 Å². The van der Waals surface area contributed by atoms with Crippen LogP contribution in [0.5, 0.6) is 5.75 Å². The predicted octanol–water partition coefficient (Wildman–Crippen LogP) is 6.09. The van der Waals surface area contributed by atoms with Gasteiger partial charge in [-0.25, -0.2) is 18.3 Å². The molecule has 1 amide bonds. The molecule has 2 aromatic heterocycles. The molecule has 4 aromatic rings. The Kier molecular flexibility index (Phi) is 6.18. The molecule has 0 saturated heterocycles. The minimum atomic E-state index is -3.87. The van der Waals surface area contributed by atoms with Crippen molar-refractivity contribution in [1.29, 1.82) is 0 Å². The molecule has 0 atom stereocenters. The Morgan fingerprint density at radius 2 is 1.76 bits per heavy atom. The molecule has 0 fully saturated rings. The number of amides is 1. The van der Waals surface area contributed by atoms with E-state index in [4.69, 9.17) is 11.6 Å². The molecule has 11 heteroatoms. The highest BCUT2D eigenvalue weighted by molar-refractivity contribution is 6.20. The maximum Gasteiger partial charge on any atom is 0.487 e. The first-order valence-electron chi connectivity index (χ1n) is 9.91. The van der Waals surface area contributed by atoms with Gasteiger partial charge in [0.2, 0.25) is 0 Å². The van der Waals surface area contributed by atoms with Crippen molar-refractivity contribution in [2.45, 2.75) is 18.9 Å². The van der Waals surface area contributed by atoms with Gasteiger partial charge in [0.25, 0.3) is 12.3 Å². The number of rotatable bonds is 6. The number of ether oxygens (including phenoxy) is 1. The third-order valence-corrected chi connectivity index (χ3v) is 5.14. The van der Waals surface area contributed by atoms with Gasteiger partial charge in [0.15, 0.2) is 5.65 Å². The summed E-state index contributed by atoms with van der Waals surface area (Å²) in [4.78, 5) is 18.8. The van der Waals surface area contributed by atoms with E-state index in [0.29, 0.717) is 11.3 Å². The van der Waals surface area contributed by atoms with Crippen molar-refractivity contribution >= 4 is 28.8 Å². The maximum atomic E-state index is 13.8. The van der Waals surface area contributed by atoms with Crippen LogP contribution in [0.15, 0.2) is 60.8 Å². The molecule has 6 nitrogen and oxygen atoms in total. The van der Waals surface area contributed by atoms with Crippen LogP contribution in [0.25, 0.3) is 16.9 Å². The molecule has 0 saturated carbocycles. The standard InChI is InChI=1S/C23H17ClF4N4O2/c1-13-3-5-14(6-4-13)18-11-19(20(25)26)32-21(30-18)17(12-29-32)22(33)31(2)15-7-9-16(10-8-15)34-23(24,27)28/h3-12,20H,1-2H3. The van der Waals surface area contributed by atoms with E-state index >= 15 is 0 Å². The molecule has 4 rings (SSSR count). The van der Waals surface area contributed by atoms with Gasteiger partial charge in [0.1, 0.15) is 17.0 Å². The van der Waals surface area contributed by atoms with Gasteiger partial charge in [0, 0.05) is 29.9 Å². The summed E-state index contributed by atoms with van der Waals surface area (Å²) in [7, 11) is 1.44. The van der Waals surface area contributed by atoms with Crippen molar-refractivity contribution in [2.24, 2.45) is 0 Å². The number of nitrogens with zero attached hydrogens (tertiary/aromatic N) is 4. The first kappa shape index (κ1) is 23.5. The van der Waals surface area contributed by atoms with Crippen LogP contribution in [0.1, 0.15) is 28.0 Å². The molecular formula is C23H17ClF4N4O2. The number of halogens is 5. The molecule has 0 radical (unpaired) electrons. The minimum absolute atomic E-state index is 0.00835. The average Bonchev–Trinajstić information content (AvgIpc) is 3.21. The van der Waals surface area contributed by atoms with E-state index in [0.717, 1.165) is 16.3 Å². The minimum Gasteiger partial charge on any atom is -0.420 e. The predicted molar refractivity (Wildman–Crippen MR) is 119 cm³/mol. The average molecular weight is 493 g/mol. The number of anilines is 1. The Balaban J connectivity index is 1.72. The van der Waals surface area contributed by atoms with Crippen molar-refractivity contribution in [3.63, 3.8) is 0 Å². The zero-order valence-electron chi connectivity index (χ0n) is 17.8. The Morgan fingerprint density at radius 3 is 2.35 bits per heavy atom. The maximum absolute atomic E-state index is 13.8. The van der Waals surface area contributed by atoms with Gasteiger partial charge >= 0.3 is 5.57 Å². The van der Waals surface area contributed by atoms with Gasteiger partial charge in [-0.2, -0.15) is 5.10 Å². The second-order valence-corrected chi connectivity index (χ2v) is 7.87. The van der Waals surface area contributed by atoms with Gasteiger partial charge in [-0.3, -0.25) is 4.79 Å². The fourth-order valence-electron chi connectivity index (χ4n) is 3.33. The largest absolute Gasteiger partial charge is 0.487 e. The molecule has 2 aromatic carbocycles. The monoisotopic (exact) mass is 492 g/mol. The van der Waals surface area contributed by atoms with E-state index in [-0.39, 0.29) is 22.7 Å². The van der Waals surface area contributed by atoms with Crippen LogP contribution in [0.2, 0.25) is 0 Å². The highest BCUT2D eigenvalue weighted by Crippen LogP contribution is 2.29. The highest BCUT2D eigenvalue weighted by Gasteiger charge is 2.28. The molecule has 2 heterocycles. The normalized spacial score (nSPS) is 11.8. The lowest BCUT2D eigenvalue weighted by atomic mass is 10.1. The third-order valence-electron chi connectivity index (χ3n) is 5.06. The van der Waals surface area contributed by atoms with Crippen LogP contribution in [-0.4, -0.2) is 33.1 Å². The van der Waals surface area contributed by atoms with Gasteiger partial charge in [-0.1, -0.05) is 29.8 Å². The SMILES string of the molecule is Cc1ccc(-c2cc(C(F)F)n3ncc(C(=O)N(C)c4ccc(OC(F)(F)Cl)cc4)c3n2)cc1.